The summed E-state index contributed by atoms with van der Waals surface area (Å²) < 4.78 is 0. The summed E-state index contributed by atoms with van der Waals surface area (Å²) in [6.07, 6.45) is 1.76. The van der Waals surface area contributed by atoms with Crippen LogP contribution in [-0.2, 0) is 20.8 Å². The minimum Gasteiger partial charge on any atom is -0.480 e. The van der Waals surface area contributed by atoms with E-state index >= 15 is 0 Å². The molecule has 2 heterocycles. The zero-order valence-electron chi connectivity index (χ0n) is 18.9. The van der Waals surface area contributed by atoms with Crippen molar-refractivity contribution < 1.29 is 29.4 Å². The molecule has 33 heavy (non-hydrogen) atoms. The molecule has 0 aromatic heterocycles. The smallest absolute Gasteiger partial charge is 0.326 e. The van der Waals surface area contributed by atoms with Crippen LogP contribution in [0.15, 0.2) is 30.3 Å². The number of carbonyl (C=O) groups excluding carboxylic acids is 2. The van der Waals surface area contributed by atoms with Crippen LogP contribution in [0.4, 0.5) is 4.79 Å². The first-order chi connectivity index (χ1) is 15.7. The Balaban J connectivity index is 1.71. The maximum Gasteiger partial charge on any atom is 0.326 e. The number of likely N-dealkylation sites (tertiary alicyclic amines) is 2. The van der Waals surface area contributed by atoms with Crippen LogP contribution < -0.4 is 10.6 Å². The molecule has 10 nitrogen and oxygen atoms in total. The van der Waals surface area contributed by atoms with Crippen molar-refractivity contribution in [2.45, 2.75) is 56.8 Å². The molecule has 0 unspecified atom stereocenters. The summed E-state index contributed by atoms with van der Waals surface area (Å²) in [6, 6.07) is 5.95. The molecule has 180 valence electrons. The summed E-state index contributed by atoms with van der Waals surface area (Å²) in [6.45, 7) is 2.32. The number of amides is 3. The number of nitrogens with zero attached hydrogens (tertiary/aromatic N) is 2. The largest absolute Gasteiger partial charge is 0.480 e. The number of aliphatic carboxylic acids is 2. The van der Waals surface area contributed by atoms with Gasteiger partial charge in [0.2, 0.25) is 5.91 Å². The highest BCUT2D eigenvalue weighted by Gasteiger charge is 2.50. The molecule has 2 aliphatic heterocycles. The van der Waals surface area contributed by atoms with Crippen LogP contribution in [0.25, 0.3) is 0 Å². The standard InChI is InChI=1S/C23H32N4O6/c1-14(25-17(21(29)30)9-8-15-6-4-3-5-7-15)20(28)27-18(22(31)32)12-16-10-11-26(13-19(16)27)23(33)24-2/h3-7,14,16-19,25H,8-13H2,1-2H3,(H,24,33)(H,29,30)(H,31,32)/t14-,16+,17-,18+,19-/m0/s1. The zero-order valence-corrected chi connectivity index (χ0v) is 18.9. The van der Waals surface area contributed by atoms with Crippen LogP contribution in [0.1, 0.15) is 31.7 Å². The fourth-order valence-electron chi connectivity index (χ4n) is 4.91. The Hall–Kier alpha value is -3.14. The lowest BCUT2D eigenvalue weighted by atomic mass is 9.91. The van der Waals surface area contributed by atoms with Gasteiger partial charge in [0.05, 0.1) is 12.1 Å². The summed E-state index contributed by atoms with van der Waals surface area (Å²) in [5.41, 5.74) is 0.995. The third kappa shape index (κ3) is 5.62. The minimum atomic E-state index is -1.09. The molecule has 5 atom stereocenters. The van der Waals surface area contributed by atoms with Crippen molar-refractivity contribution in [2.24, 2.45) is 5.92 Å². The molecule has 1 aromatic rings. The molecule has 2 aliphatic rings. The van der Waals surface area contributed by atoms with E-state index in [2.05, 4.69) is 10.6 Å². The zero-order chi connectivity index (χ0) is 24.1. The number of carbonyl (C=O) groups is 4. The summed E-state index contributed by atoms with van der Waals surface area (Å²) in [5.74, 6) is -2.63. The van der Waals surface area contributed by atoms with Gasteiger partial charge in [-0.25, -0.2) is 9.59 Å². The number of carboxylic acid groups (broad SMARTS) is 2. The van der Waals surface area contributed by atoms with Crippen molar-refractivity contribution in [3.63, 3.8) is 0 Å². The summed E-state index contributed by atoms with van der Waals surface area (Å²) >= 11 is 0. The second-order valence-corrected chi connectivity index (χ2v) is 8.76. The highest BCUT2D eigenvalue weighted by Crippen LogP contribution is 2.36. The molecule has 10 heteroatoms. The topological polar surface area (TPSA) is 139 Å². The Morgan fingerprint density at radius 3 is 2.45 bits per heavy atom. The Morgan fingerprint density at radius 2 is 1.85 bits per heavy atom. The molecule has 0 saturated carbocycles. The number of urea groups is 1. The van der Waals surface area contributed by atoms with Crippen molar-refractivity contribution in [3.05, 3.63) is 35.9 Å². The average molecular weight is 461 g/mol. The van der Waals surface area contributed by atoms with E-state index in [1.807, 2.05) is 30.3 Å². The lowest BCUT2D eigenvalue weighted by Crippen LogP contribution is -2.59. The Morgan fingerprint density at radius 1 is 1.15 bits per heavy atom. The number of rotatable bonds is 8. The number of hydrogen-bond acceptors (Lipinski definition) is 5. The van der Waals surface area contributed by atoms with Crippen molar-refractivity contribution in [1.82, 2.24) is 20.4 Å². The van der Waals surface area contributed by atoms with Gasteiger partial charge in [0.15, 0.2) is 0 Å². The molecule has 2 saturated heterocycles. The van der Waals surface area contributed by atoms with Crippen LogP contribution in [0, 0.1) is 5.92 Å². The van der Waals surface area contributed by atoms with Crippen LogP contribution in [0.3, 0.4) is 0 Å². The van der Waals surface area contributed by atoms with Crippen LogP contribution in [-0.4, -0.2) is 88.2 Å². The molecule has 0 radical (unpaired) electrons. The first kappa shape index (κ1) is 24.5. The Labute approximate surface area is 192 Å². The first-order valence-electron chi connectivity index (χ1n) is 11.3. The monoisotopic (exact) mass is 460 g/mol. The summed E-state index contributed by atoms with van der Waals surface area (Å²) in [4.78, 5) is 52.2. The van der Waals surface area contributed by atoms with Crippen LogP contribution in [0.2, 0.25) is 0 Å². The third-order valence-corrected chi connectivity index (χ3v) is 6.67. The quantitative estimate of drug-likeness (QED) is 0.449. The predicted octanol–water partition coefficient (Wildman–Crippen LogP) is 0.766. The van der Waals surface area contributed by atoms with E-state index in [9.17, 15) is 29.4 Å². The van der Waals surface area contributed by atoms with Gasteiger partial charge >= 0.3 is 18.0 Å². The van der Waals surface area contributed by atoms with E-state index in [0.29, 0.717) is 25.8 Å². The second kappa shape index (κ2) is 10.7. The first-order valence-corrected chi connectivity index (χ1v) is 11.3. The number of nitrogens with one attached hydrogen (secondary N) is 2. The normalized spacial score (nSPS) is 24.0. The molecule has 3 rings (SSSR count). The van der Waals surface area contributed by atoms with Crippen molar-refractivity contribution >= 4 is 23.9 Å². The van der Waals surface area contributed by atoms with Gasteiger partial charge in [-0.3, -0.25) is 14.9 Å². The van der Waals surface area contributed by atoms with Crippen molar-refractivity contribution in [3.8, 4) is 0 Å². The van der Waals surface area contributed by atoms with Crippen molar-refractivity contribution in [1.29, 1.82) is 0 Å². The van der Waals surface area contributed by atoms with E-state index in [-0.39, 0.29) is 24.9 Å². The molecule has 2 fully saturated rings. The number of hydrogen-bond donors (Lipinski definition) is 4. The second-order valence-electron chi connectivity index (χ2n) is 8.76. The Bertz CT molecular complexity index is 879. The van der Waals surface area contributed by atoms with Gasteiger partial charge in [0.25, 0.3) is 0 Å². The number of benzene rings is 1. The predicted molar refractivity (Wildman–Crippen MR) is 120 cm³/mol. The van der Waals surface area contributed by atoms with Crippen LogP contribution >= 0.6 is 0 Å². The van der Waals surface area contributed by atoms with Crippen molar-refractivity contribution in [2.75, 3.05) is 20.1 Å². The number of carboxylic acids is 2. The van der Waals surface area contributed by atoms with Gasteiger partial charge in [0, 0.05) is 20.1 Å². The lowest BCUT2D eigenvalue weighted by molar-refractivity contribution is -0.151. The van der Waals surface area contributed by atoms with E-state index in [0.717, 1.165) is 5.56 Å². The van der Waals surface area contributed by atoms with Gasteiger partial charge < -0.3 is 25.3 Å². The highest BCUT2D eigenvalue weighted by atomic mass is 16.4. The molecule has 0 aliphatic carbocycles. The fraction of sp³-hybridized carbons (Fsp3) is 0.565. The molecule has 0 spiro atoms. The molecule has 1 aromatic carbocycles. The average Bonchev–Trinajstić information content (AvgIpc) is 3.20. The SMILES string of the molecule is CNC(=O)N1CC[C@@H]2C[C@H](C(=O)O)N(C(=O)[C@H](C)N[C@@H](CCc3ccccc3)C(=O)O)[C@H]2C1. The maximum absolute atomic E-state index is 13.4. The van der Waals surface area contributed by atoms with Gasteiger partial charge in [-0.15, -0.1) is 0 Å². The summed E-state index contributed by atoms with van der Waals surface area (Å²) in [7, 11) is 1.53. The van der Waals surface area contributed by atoms with Gasteiger partial charge in [0.1, 0.15) is 12.1 Å². The van der Waals surface area contributed by atoms with Gasteiger partial charge in [-0.1, -0.05) is 30.3 Å². The maximum atomic E-state index is 13.4. The van der Waals surface area contributed by atoms with E-state index in [1.54, 1.807) is 11.8 Å². The molecular formula is C23H32N4O6. The molecular weight excluding hydrogens is 428 g/mol. The molecule has 4 N–H and O–H groups in total. The van der Waals surface area contributed by atoms with Crippen LogP contribution in [0.5, 0.6) is 0 Å². The fourth-order valence-corrected chi connectivity index (χ4v) is 4.91. The number of fused-ring (bicyclic) bond motifs is 1. The van der Waals surface area contributed by atoms with E-state index in [4.69, 9.17) is 0 Å². The molecule has 0 bridgehead atoms. The van der Waals surface area contributed by atoms with Gasteiger partial charge in [-0.2, -0.15) is 0 Å². The molecule has 3 amide bonds. The third-order valence-electron chi connectivity index (χ3n) is 6.67. The Kier molecular flexibility index (Phi) is 7.91. The number of aryl methyl sites for hydroxylation is 1. The van der Waals surface area contributed by atoms with Gasteiger partial charge in [-0.05, 0) is 44.1 Å². The minimum absolute atomic E-state index is 0.0171. The summed E-state index contributed by atoms with van der Waals surface area (Å²) in [5, 5.41) is 24.9. The lowest BCUT2D eigenvalue weighted by Gasteiger charge is -2.39. The number of piperidine rings is 1. The van der Waals surface area contributed by atoms with E-state index < -0.39 is 42.0 Å². The van der Waals surface area contributed by atoms with E-state index in [1.165, 1.54) is 11.9 Å². The highest BCUT2D eigenvalue weighted by molar-refractivity contribution is 5.88.